The topological polar surface area (TPSA) is 69.4 Å². The molecule has 0 aliphatic heterocycles. The molecule has 0 aliphatic rings. The molecule has 86 valence electrons. The Bertz CT molecular complexity index is 418. The van der Waals surface area contributed by atoms with E-state index in [0.29, 0.717) is 5.56 Å². The number of carbonyl (C=O) groups is 2. The molecule has 0 radical (unpaired) electrons. The molecule has 0 atom stereocenters. The molecule has 0 unspecified atom stereocenters. The zero-order valence-electron chi connectivity index (χ0n) is 8.83. The quantitative estimate of drug-likeness (QED) is 0.643. The van der Waals surface area contributed by atoms with Gasteiger partial charge < -0.3 is 10.5 Å². The van der Waals surface area contributed by atoms with Gasteiger partial charge in [-0.2, -0.15) is 0 Å². The van der Waals surface area contributed by atoms with Gasteiger partial charge in [0.1, 0.15) is 0 Å². The first-order chi connectivity index (χ1) is 7.60. The minimum Gasteiger partial charge on any atom is -0.465 e. The van der Waals surface area contributed by atoms with E-state index < -0.39 is 5.97 Å². The van der Waals surface area contributed by atoms with Crippen LogP contribution in [-0.4, -0.2) is 25.4 Å². The smallest absolute Gasteiger partial charge is 0.339 e. The van der Waals surface area contributed by atoms with Crippen molar-refractivity contribution >= 4 is 23.4 Å². The number of ether oxygens (including phenoxy) is 1. The first-order valence-electron chi connectivity index (χ1n) is 4.71. The molecule has 0 aromatic heterocycles. The van der Waals surface area contributed by atoms with Gasteiger partial charge in [-0.05, 0) is 18.7 Å². The summed E-state index contributed by atoms with van der Waals surface area (Å²) in [6.07, 6.45) is 0.258. The monoisotopic (exact) mass is 241 g/mol. The molecule has 16 heavy (non-hydrogen) atoms. The maximum atomic E-state index is 11.5. The average Bonchev–Trinajstić information content (AvgIpc) is 2.28. The molecule has 5 heteroatoms. The maximum absolute atomic E-state index is 11.5. The van der Waals surface area contributed by atoms with Crippen molar-refractivity contribution in [1.29, 1.82) is 0 Å². The summed E-state index contributed by atoms with van der Waals surface area (Å²) in [5.41, 5.74) is 5.97. The lowest BCUT2D eigenvalue weighted by Gasteiger charge is -2.04. The van der Waals surface area contributed by atoms with Gasteiger partial charge in [0.25, 0.3) is 0 Å². The molecule has 1 aromatic rings. The van der Waals surface area contributed by atoms with Gasteiger partial charge in [-0.3, -0.25) is 4.79 Å². The Morgan fingerprint density at radius 1 is 1.44 bits per heavy atom. The van der Waals surface area contributed by atoms with Gasteiger partial charge in [0, 0.05) is 12.0 Å². The molecule has 1 rings (SSSR count). The lowest BCUT2D eigenvalue weighted by atomic mass is 10.1. The van der Waals surface area contributed by atoms with Gasteiger partial charge in [-0.15, -0.1) is 0 Å². The number of halogens is 1. The average molecular weight is 242 g/mol. The van der Waals surface area contributed by atoms with Crippen molar-refractivity contribution in [3.8, 4) is 0 Å². The Hall–Kier alpha value is -1.39. The van der Waals surface area contributed by atoms with Crippen molar-refractivity contribution < 1.29 is 14.3 Å². The van der Waals surface area contributed by atoms with E-state index in [1.807, 2.05) is 0 Å². The van der Waals surface area contributed by atoms with Crippen LogP contribution < -0.4 is 5.73 Å². The lowest BCUT2D eigenvalue weighted by molar-refractivity contribution is 0.0600. The number of benzene rings is 1. The highest BCUT2D eigenvalue weighted by molar-refractivity contribution is 6.34. The minimum atomic E-state index is -0.525. The number of rotatable bonds is 4. The Morgan fingerprint density at radius 2 is 2.12 bits per heavy atom. The summed E-state index contributed by atoms with van der Waals surface area (Å²) < 4.78 is 4.54. The van der Waals surface area contributed by atoms with Crippen molar-refractivity contribution in [3.05, 3.63) is 34.3 Å². The van der Waals surface area contributed by atoms with Crippen LogP contribution in [0.15, 0.2) is 18.2 Å². The highest BCUT2D eigenvalue weighted by atomic mass is 35.5. The molecule has 0 fully saturated rings. The number of hydrogen-bond donors (Lipinski definition) is 1. The van der Waals surface area contributed by atoms with Gasteiger partial charge >= 0.3 is 5.97 Å². The molecule has 0 saturated heterocycles. The number of Topliss-reactive ketones (excluding diaryl/α,β-unsaturated/α-hetero) is 1. The summed E-state index contributed by atoms with van der Waals surface area (Å²) in [4.78, 5) is 22.7. The molecular weight excluding hydrogens is 230 g/mol. The highest BCUT2D eigenvalue weighted by Crippen LogP contribution is 2.19. The SMILES string of the molecule is COC(=O)c1ccc(C(=O)CCN)cc1Cl. The van der Waals surface area contributed by atoms with Crippen LogP contribution in [0, 0.1) is 0 Å². The summed E-state index contributed by atoms with van der Waals surface area (Å²) in [6, 6.07) is 4.46. The summed E-state index contributed by atoms with van der Waals surface area (Å²) in [7, 11) is 1.27. The molecular formula is C11H12ClNO3. The first-order valence-corrected chi connectivity index (χ1v) is 5.09. The molecule has 1 aromatic carbocycles. The van der Waals surface area contributed by atoms with Crippen LogP contribution in [0.4, 0.5) is 0 Å². The molecule has 0 aliphatic carbocycles. The van der Waals surface area contributed by atoms with Crippen molar-refractivity contribution in [2.45, 2.75) is 6.42 Å². The molecule has 0 spiro atoms. The normalized spacial score (nSPS) is 9.94. The Balaban J connectivity index is 2.99. The predicted molar refractivity (Wildman–Crippen MR) is 60.8 cm³/mol. The predicted octanol–water partition coefficient (Wildman–Crippen LogP) is 1.66. The number of esters is 1. The Kier molecular flexibility index (Phi) is 4.46. The van der Waals surface area contributed by atoms with Crippen LogP contribution in [-0.2, 0) is 4.74 Å². The second-order valence-electron chi connectivity index (χ2n) is 3.15. The van der Waals surface area contributed by atoms with Crippen LogP contribution in [0.5, 0.6) is 0 Å². The number of carbonyl (C=O) groups excluding carboxylic acids is 2. The van der Waals surface area contributed by atoms with Crippen LogP contribution in [0.3, 0.4) is 0 Å². The van der Waals surface area contributed by atoms with Gasteiger partial charge in [0.15, 0.2) is 5.78 Å². The van der Waals surface area contributed by atoms with E-state index in [4.69, 9.17) is 17.3 Å². The van der Waals surface area contributed by atoms with E-state index in [1.165, 1.54) is 25.3 Å². The Morgan fingerprint density at radius 3 is 2.62 bits per heavy atom. The summed E-state index contributed by atoms with van der Waals surface area (Å²) in [5.74, 6) is -0.622. The van der Waals surface area contributed by atoms with Crippen molar-refractivity contribution in [2.24, 2.45) is 5.73 Å². The van der Waals surface area contributed by atoms with E-state index in [-0.39, 0.29) is 29.3 Å². The van der Waals surface area contributed by atoms with Crippen molar-refractivity contribution in [3.63, 3.8) is 0 Å². The third-order valence-electron chi connectivity index (χ3n) is 2.07. The van der Waals surface area contributed by atoms with Gasteiger partial charge in [-0.25, -0.2) is 4.79 Å². The van der Waals surface area contributed by atoms with Crippen molar-refractivity contribution in [2.75, 3.05) is 13.7 Å². The minimum absolute atomic E-state index is 0.0965. The van der Waals surface area contributed by atoms with Gasteiger partial charge in [-0.1, -0.05) is 17.7 Å². The second-order valence-corrected chi connectivity index (χ2v) is 3.56. The third-order valence-corrected chi connectivity index (χ3v) is 2.38. The summed E-state index contributed by atoms with van der Waals surface area (Å²) in [6.45, 7) is 0.287. The van der Waals surface area contributed by atoms with E-state index >= 15 is 0 Å². The number of nitrogens with two attached hydrogens (primary N) is 1. The molecule has 0 saturated carbocycles. The van der Waals surface area contributed by atoms with Crippen LogP contribution in [0.1, 0.15) is 27.1 Å². The van der Waals surface area contributed by atoms with Crippen LogP contribution in [0.2, 0.25) is 5.02 Å². The fraction of sp³-hybridized carbons (Fsp3) is 0.273. The van der Waals surface area contributed by atoms with Crippen LogP contribution >= 0.6 is 11.6 Å². The first kappa shape index (κ1) is 12.7. The van der Waals surface area contributed by atoms with Crippen molar-refractivity contribution in [1.82, 2.24) is 0 Å². The van der Waals surface area contributed by atoms with Gasteiger partial charge in [0.05, 0.1) is 17.7 Å². The zero-order valence-corrected chi connectivity index (χ0v) is 9.58. The third kappa shape index (κ3) is 2.81. The molecule has 2 N–H and O–H groups in total. The fourth-order valence-electron chi connectivity index (χ4n) is 1.24. The van der Waals surface area contributed by atoms with Gasteiger partial charge in [0.2, 0.25) is 0 Å². The second kappa shape index (κ2) is 5.63. The fourth-order valence-corrected chi connectivity index (χ4v) is 1.50. The number of hydrogen-bond acceptors (Lipinski definition) is 4. The standard InChI is InChI=1S/C11H12ClNO3/c1-16-11(15)8-3-2-7(6-9(8)12)10(14)4-5-13/h2-3,6H,4-5,13H2,1H3. The largest absolute Gasteiger partial charge is 0.465 e. The highest BCUT2D eigenvalue weighted by Gasteiger charge is 2.13. The maximum Gasteiger partial charge on any atom is 0.339 e. The number of methoxy groups -OCH3 is 1. The van der Waals surface area contributed by atoms with E-state index in [9.17, 15) is 9.59 Å². The van der Waals surface area contributed by atoms with E-state index in [0.717, 1.165) is 0 Å². The van der Waals surface area contributed by atoms with E-state index in [1.54, 1.807) is 0 Å². The lowest BCUT2D eigenvalue weighted by Crippen LogP contribution is -2.09. The summed E-state index contributed by atoms with van der Waals surface area (Å²) >= 11 is 5.86. The molecule has 0 heterocycles. The molecule has 0 bridgehead atoms. The Labute approximate surface area is 98.3 Å². The number of ketones is 1. The van der Waals surface area contributed by atoms with E-state index in [2.05, 4.69) is 4.74 Å². The summed E-state index contributed by atoms with van der Waals surface area (Å²) in [5, 5.41) is 0.203. The molecule has 4 nitrogen and oxygen atoms in total. The zero-order chi connectivity index (χ0) is 12.1. The molecule has 0 amide bonds. The van der Waals surface area contributed by atoms with Crippen LogP contribution in [0.25, 0.3) is 0 Å².